The lowest BCUT2D eigenvalue weighted by Crippen LogP contribution is -2.14. The van der Waals surface area contributed by atoms with E-state index in [0.29, 0.717) is 5.82 Å². The number of hydrogen-bond acceptors (Lipinski definition) is 4. The van der Waals surface area contributed by atoms with E-state index in [0.717, 1.165) is 17.8 Å². The van der Waals surface area contributed by atoms with E-state index in [-0.39, 0.29) is 11.4 Å². The van der Waals surface area contributed by atoms with E-state index in [9.17, 15) is 13.6 Å². The van der Waals surface area contributed by atoms with Crippen molar-refractivity contribution in [2.24, 2.45) is 0 Å². The molecule has 0 saturated heterocycles. The summed E-state index contributed by atoms with van der Waals surface area (Å²) in [6.07, 6.45) is 0. The van der Waals surface area contributed by atoms with Crippen LogP contribution >= 0.6 is 0 Å². The van der Waals surface area contributed by atoms with Crippen LogP contribution in [0.15, 0.2) is 60.7 Å². The van der Waals surface area contributed by atoms with Crippen LogP contribution in [0.25, 0.3) is 0 Å². The van der Waals surface area contributed by atoms with Crippen molar-refractivity contribution >= 4 is 23.1 Å². The quantitative estimate of drug-likeness (QED) is 0.766. The van der Waals surface area contributed by atoms with Crippen molar-refractivity contribution in [3.8, 4) is 0 Å². The lowest BCUT2D eigenvalue weighted by molar-refractivity contribution is 0.102. The molecule has 24 heavy (non-hydrogen) atoms. The van der Waals surface area contributed by atoms with Gasteiger partial charge in [0.1, 0.15) is 0 Å². The third-order valence-corrected chi connectivity index (χ3v) is 3.12. The highest BCUT2D eigenvalue weighted by Gasteiger charge is 2.10. The first kappa shape index (κ1) is 15.5. The third kappa shape index (κ3) is 3.70. The molecule has 0 spiro atoms. The molecule has 1 heterocycles. The average Bonchev–Trinajstić information content (AvgIpc) is 2.60. The van der Waals surface area contributed by atoms with Gasteiger partial charge in [0.15, 0.2) is 23.1 Å². The zero-order chi connectivity index (χ0) is 16.9. The molecule has 2 N–H and O–H groups in total. The van der Waals surface area contributed by atoms with Gasteiger partial charge in [-0.3, -0.25) is 4.79 Å². The molecule has 0 atom stereocenters. The van der Waals surface area contributed by atoms with Gasteiger partial charge < -0.3 is 10.6 Å². The lowest BCUT2D eigenvalue weighted by Gasteiger charge is -2.06. The Bertz CT molecular complexity index is 854. The van der Waals surface area contributed by atoms with E-state index < -0.39 is 17.5 Å². The molecule has 5 nitrogen and oxygen atoms in total. The normalized spacial score (nSPS) is 10.2. The highest BCUT2D eigenvalue weighted by atomic mass is 19.2. The van der Waals surface area contributed by atoms with Crippen LogP contribution in [-0.2, 0) is 0 Å². The van der Waals surface area contributed by atoms with Crippen LogP contribution in [0.2, 0.25) is 0 Å². The van der Waals surface area contributed by atoms with Crippen LogP contribution < -0.4 is 10.6 Å². The molecule has 0 aliphatic carbocycles. The minimum atomic E-state index is -1.04. The second-order valence-corrected chi connectivity index (χ2v) is 4.88. The van der Waals surface area contributed by atoms with Crippen molar-refractivity contribution in [3.05, 3.63) is 78.0 Å². The van der Waals surface area contributed by atoms with Crippen molar-refractivity contribution in [1.29, 1.82) is 0 Å². The van der Waals surface area contributed by atoms with Crippen LogP contribution in [0.4, 0.5) is 26.0 Å². The largest absolute Gasteiger partial charge is 0.339 e. The Morgan fingerprint density at radius 1 is 0.833 bits per heavy atom. The van der Waals surface area contributed by atoms with E-state index in [2.05, 4.69) is 20.8 Å². The number of anilines is 3. The van der Waals surface area contributed by atoms with E-state index in [1.54, 1.807) is 6.07 Å². The first-order chi connectivity index (χ1) is 11.6. The molecule has 3 rings (SSSR count). The van der Waals surface area contributed by atoms with Gasteiger partial charge in [-0.05, 0) is 36.4 Å². The SMILES string of the molecule is O=C(Nc1ccc(F)c(F)c1)c1ccc(Nc2ccccc2)nn1. The predicted molar refractivity (Wildman–Crippen MR) is 86.1 cm³/mol. The number of halogens is 2. The van der Waals surface area contributed by atoms with E-state index in [1.807, 2.05) is 30.3 Å². The van der Waals surface area contributed by atoms with Crippen LogP contribution in [-0.4, -0.2) is 16.1 Å². The van der Waals surface area contributed by atoms with Gasteiger partial charge in [0.05, 0.1) is 0 Å². The minimum absolute atomic E-state index is 0.0540. The molecule has 0 unspecified atom stereocenters. The molecule has 0 bridgehead atoms. The summed E-state index contributed by atoms with van der Waals surface area (Å²) >= 11 is 0. The number of hydrogen-bond donors (Lipinski definition) is 2. The summed E-state index contributed by atoms with van der Waals surface area (Å²) in [5, 5.41) is 13.2. The van der Waals surface area contributed by atoms with Gasteiger partial charge in [0.2, 0.25) is 0 Å². The number of rotatable bonds is 4. The number of amides is 1. The molecule has 0 aliphatic heterocycles. The summed E-state index contributed by atoms with van der Waals surface area (Å²) in [6.45, 7) is 0. The van der Waals surface area contributed by atoms with Crippen LogP contribution in [0.3, 0.4) is 0 Å². The highest BCUT2D eigenvalue weighted by Crippen LogP contribution is 2.15. The van der Waals surface area contributed by atoms with Gasteiger partial charge >= 0.3 is 0 Å². The maximum absolute atomic E-state index is 13.1. The minimum Gasteiger partial charge on any atom is -0.339 e. The number of nitrogens with one attached hydrogen (secondary N) is 2. The zero-order valence-electron chi connectivity index (χ0n) is 12.3. The fourth-order valence-electron chi connectivity index (χ4n) is 1.96. The van der Waals surface area contributed by atoms with Crippen LogP contribution in [0.5, 0.6) is 0 Å². The number of para-hydroxylation sites is 1. The molecule has 1 amide bonds. The molecule has 0 aliphatic rings. The van der Waals surface area contributed by atoms with Crippen LogP contribution in [0, 0.1) is 11.6 Å². The summed E-state index contributed by atoms with van der Waals surface area (Å²) in [6, 6.07) is 15.5. The standard InChI is InChI=1S/C17H12F2N4O/c18-13-7-6-12(10-14(13)19)21-17(24)15-8-9-16(23-22-15)20-11-4-2-1-3-5-11/h1-10H,(H,20,23)(H,21,24). The molecule has 0 saturated carbocycles. The molecule has 120 valence electrons. The predicted octanol–water partition coefficient (Wildman–Crippen LogP) is 3.75. The summed E-state index contributed by atoms with van der Waals surface area (Å²) < 4.78 is 26.0. The Morgan fingerprint density at radius 3 is 2.29 bits per heavy atom. The monoisotopic (exact) mass is 326 g/mol. The Balaban J connectivity index is 1.68. The van der Waals surface area contributed by atoms with Crippen molar-refractivity contribution in [2.75, 3.05) is 10.6 Å². The number of carbonyl (C=O) groups excluding carboxylic acids is 1. The van der Waals surface area contributed by atoms with Gasteiger partial charge in [-0.2, -0.15) is 0 Å². The number of carbonyl (C=O) groups is 1. The Kier molecular flexibility index (Phi) is 4.42. The van der Waals surface area contributed by atoms with Crippen molar-refractivity contribution in [1.82, 2.24) is 10.2 Å². The van der Waals surface area contributed by atoms with Gasteiger partial charge in [0.25, 0.3) is 5.91 Å². The zero-order valence-corrected chi connectivity index (χ0v) is 12.3. The number of nitrogens with zero attached hydrogens (tertiary/aromatic N) is 2. The Labute approximate surface area is 136 Å². The smallest absolute Gasteiger partial charge is 0.276 e. The Hall–Kier alpha value is -3.35. The van der Waals surface area contributed by atoms with E-state index in [1.165, 1.54) is 12.1 Å². The van der Waals surface area contributed by atoms with Gasteiger partial charge in [-0.1, -0.05) is 18.2 Å². The highest BCUT2D eigenvalue weighted by molar-refractivity contribution is 6.02. The fraction of sp³-hybridized carbons (Fsp3) is 0. The summed E-state index contributed by atoms with van der Waals surface area (Å²) in [5.41, 5.74) is 1.02. The number of benzene rings is 2. The first-order valence-electron chi connectivity index (χ1n) is 7.04. The molecular weight excluding hydrogens is 314 g/mol. The molecule has 2 aromatic carbocycles. The van der Waals surface area contributed by atoms with Gasteiger partial charge in [-0.15, -0.1) is 10.2 Å². The number of aromatic nitrogens is 2. The van der Waals surface area contributed by atoms with Crippen molar-refractivity contribution in [2.45, 2.75) is 0 Å². The van der Waals surface area contributed by atoms with Crippen LogP contribution in [0.1, 0.15) is 10.5 Å². The van der Waals surface area contributed by atoms with Crippen molar-refractivity contribution in [3.63, 3.8) is 0 Å². The maximum Gasteiger partial charge on any atom is 0.276 e. The Morgan fingerprint density at radius 2 is 1.62 bits per heavy atom. The average molecular weight is 326 g/mol. The van der Waals surface area contributed by atoms with Gasteiger partial charge in [0, 0.05) is 17.4 Å². The maximum atomic E-state index is 13.1. The molecule has 1 aromatic heterocycles. The summed E-state index contributed by atoms with van der Waals surface area (Å²) in [4.78, 5) is 12.0. The summed E-state index contributed by atoms with van der Waals surface area (Å²) in [5.74, 6) is -2.12. The van der Waals surface area contributed by atoms with E-state index >= 15 is 0 Å². The first-order valence-corrected chi connectivity index (χ1v) is 7.04. The molecule has 0 radical (unpaired) electrons. The van der Waals surface area contributed by atoms with E-state index in [4.69, 9.17) is 0 Å². The second kappa shape index (κ2) is 6.82. The topological polar surface area (TPSA) is 66.9 Å². The fourth-order valence-corrected chi connectivity index (χ4v) is 1.96. The molecule has 7 heteroatoms. The van der Waals surface area contributed by atoms with Gasteiger partial charge in [-0.25, -0.2) is 8.78 Å². The second-order valence-electron chi connectivity index (χ2n) is 4.88. The lowest BCUT2D eigenvalue weighted by atomic mass is 10.2. The molecule has 0 fully saturated rings. The van der Waals surface area contributed by atoms with Crippen molar-refractivity contribution < 1.29 is 13.6 Å². The molecule has 3 aromatic rings. The third-order valence-electron chi connectivity index (χ3n) is 3.12. The summed E-state index contributed by atoms with van der Waals surface area (Å²) in [7, 11) is 0. The molecular formula is C17H12F2N4O.